The van der Waals surface area contributed by atoms with E-state index in [9.17, 15) is 35.9 Å². The first-order chi connectivity index (χ1) is 11.9. The standard InChI is InChI=1S/C15H13F6NO4/c16-14(17,18)9-2-1-3-10(6-9)26-7-11(23)22-5-4-13(8-22,12(24)25)15(19,20)21/h1-3,6H,4-5,7-8H2,(H,24,25). The summed E-state index contributed by atoms with van der Waals surface area (Å²) in [5.74, 6) is -3.32. The van der Waals surface area contributed by atoms with Gasteiger partial charge >= 0.3 is 18.3 Å². The van der Waals surface area contributed by atoms with Gasteiger partial charge in [0.15, 0.2) is 12.0 Å². The summed E-state index contributed by atoms with van der Waals surface area (Å²) in [6.07, 6.45) is -10.5. The Labute approximate surface area is 143 Å². The number of nitrogens with zero attached hydrogens (tertiary/aromatic N) is 1. The first-order valence-electron chi connectivity index (χ1n) is 7.25. The quantitative estimate of drug-likeness (QED) is 0.810. The third-order valence-electron chi connectivity index (χ3n) is 4.10. The van der Waals surface area contributed by atoms with E-state index < -0.39 is 61.3 Å². The van der Waals surface area contributed by atoms with E-state index in [1.807, 2.05) is 0 Å². The molecule has 1 fully saturated rings. The minimum absolute atomic E-state index is 0.285. The number of aliphatic carboxylic acids is 1. The van der Waals surface area contributed by atoms with Crippen LogP contribution in [-0.2, 0) is 15.8 Å². The predicted molar refractivity (Wildman–Crippen MR) is 74.3 cm³/mol. The topological polar surface area (TPSA) is 66.8 Å². The maximum Gasteiger partial charge on any atom is 0.416 e. The molecule has 0 aromatic heterocycles. The van der Waals surface area contributed by atoms with Crippen LogP contribution in [0.2, 0.25) is 0 Å². The Balaban J connectivity index is 2.03. The molecule has 0 spiro atoms. The molecule has 5 nitrogen and oxygen atoms in total. The highest BCUT2D eigenvalue weighted by atomic mass is 19.4. The highest BCUT2D eigenvalue weighted by Crippen LogP contribution is 2.45. The lowest BCUT2D eigenvalue weighted by molar-refractivity contribution is -0.227. The Hall–Kier alpha value is -2.46. The molecule has 11 heteroatoms. The average Bonchev–Trinajstić information content (AvgIpc) is 2.99. The Kier molecular flexibility index (Phi) is 5.11. The minimum atomic E-state index is -5.05. The van der Waals surface area contributed by atoms with E-state index in [1.165, 1.54) is 0 Å². The molecule has 1 aliphatic rings. The predicted octanol–water partition coefficient (Wildman–Crippen LogP) is 2.95. The molecule has 1 saturated heterocycles. The second-order valence-corrected chi connectivity index (χ2v) is 5.76. The van der Waals surface area contributed by atoms with Gasteiger partial charge in [0.1, 0.15) is 5.75 Å². The van der Waals surface area contributed by atoms with Crippen molar-refractivity contribution in [2.75, 3.05) is 19.7 Å². The summed E-state index contributed by atoms with van der Waals surface area (Å²) >= 11 is 0. The molecule has 1 aromatic rings. The van der Waals surface area contributed by atoms with Gasteiger partial charge in [0.05, 0.1) is 5.56 Å². The van der Waals surface area contributed by atoms with Crippen molar-refractivity contribution in [2.24, 2.45) is 5.41 Å². The third kappa shape index (κ3) is 3.86. The van der Waals surface area contributed by atoms with Crippen molar-refractivity contribution in [3.05, 3.63) is 29.8 Å². The number of likely N-dealkylation sites (tertiary alicyclic amines) is 1. The smallest absolute Gasteiger partial charge is 0.416 e. The molecule has 1 N–H and O–H groups in total. The second kappa shape index (κ2) is 6.69. The lowest BCUT2D eigenvalue weighted by Crippen LogP contribution is -2.48. The van der Waals surface area contributed by atoms with Gasteiger partial charge in [-0.05, 0) is 24.6 Å². The van der Waals surface area contributed by atoms with Gasteiger partial charge in [0, 0.05) is 13.1 Å². The SMILES string of the molecule is O=C(COc1cccc(C(F)(F)F)c1)N1CCC(C(=O)O)(C(F)(F)F)C1. The first kappa shape index (κ1) is 19.9. The van der Waals surface area contributed by atoms with Crippen LogP contribution in [0.25, 0.3) is 0 Å². The van der Waals surface area contributed by atoms with E-state index >= 15 is 0 Å². The summed E-state index contributed by atoms with van der Waals surface area (Å²) in [6, 6.07) is 3.65. The van der Waals surface area contributed by atoms with E-state index in [-0.39, 0.29) is 5.75 Å². The van der Waals surface area contributed by atoms with Gasteiger partial charge < -0.3 is 14.7 Å². The minimum Gasteiger partial charge on any atom is -0.484 e. The van der Waals surface area contributed by atoms with Crippen LogP contribution < -0.4 is 4.74 Å². The molecule has 1 amide bonds. The molecule has 1 atom stereocenters. The molecule has 1 aliphatic heterocycles. The zero-order valence-corrected chi connectivity index (χ0v) is 13.0. The van der Waals surface area contributed by atoms with E-state index in [0.717, 1.165) is 18.2 Å². The van der Waals surface area contributed by atoms with Crippen LogP contribution in [0.1, 0.15) is 12.0 Å². The van der Waals surface area contributed by atoms with Crippen LogP contribution in [-0.4, -0.2) is 47.8 Å². The zero-order chi connectivity index (χ0) is 19.8. The zero-order valence-electron chi connectivity index (χ0n) is 13.0. The number of carboxylic acids is 1. The number of hydrogen-bond donors (Lipinski definition) is 1. The number of alkyl halides is 6. The molecule has 0 aliphatic carbocycles. The van der Waals surface area contributed by atoms with E-state index in [1.54, 1.807) is 0 Å². The van der Waals surface area contributed by atoms with Crippen LogP contribution in [0.5, 0.6) is 5.75 Å². The fraction of sp³-hybridized carbons (Fsp3) is 0.467. The van der Waals surface area contributed by atoms with Crippen molar-refractivity contribution in [3.63, 3.8) is 0 Å². The van der Waals surface area contributed by atoms with Crippen LogP contribution in [0.3, 0.4) is 0 Å². The Morgan fingerprint density at radius 2 is 1.85 bits per heavy atom. The number of carbonyl (C=O) groups is 2. The summed E-state index contributed by atoms with van der Waals surface area (Å²) in [5.41, 5.74) is -4.07. The van der Waals surface area contributed by atoms with E-state index in [4.69, 9.17) is 9.84 Å². The summed E-state index contributed by atoms with van der Waals surface area (Å²) in [6.45, 7) is -2.33. The normalized spacial score (nSPS) is 20.9. The van der Waals surface area contributed by atoms with Crippen molar-refractivity contribution >= 4 is 11.9 Å². The third-order valence-corrected chi connectivity index (χ3v) is 4.10. The fourth-order valence-electron chi connectivity index (χ4n) is 2.55. The molecule has 2 rings (SSSR count). The van der Waals surface area contributed by atoms with Gasteiger partial charge in [-0.1, -0.05) is 6.07 Å². The largest absolute Gasteiger partial charge is 0.484 e. The molecule has 26 heavy (non-hydrogen) atoms. The monoisotopic (exact) mass is 385 g/mol. The number of carbonyl (C=O) groups excluding carboxylic acids is 1. The molecule has 0 saturated carbocycles. The lowest BCUT2D eigenvalue weighted by Gasteiger charge is -2.27. The molecule has 1 aromatic carbocycles. The van der Waals surface area contributed by atoms with Gasteiger partial charge in [0.2, 0.25) is 0 Å². The van der Waals surface area contributed by atoms with Crippen molar-refractivity contribution in [1.82, 2.24) is 4.90 Å². The summed E-state index contributed by atoms with van der Waals surface area (Å²) in [5, 5.41) is 8.92. The number of hydrogen-bond acceptors (Lipinski definition) is 3. The number of carboxylic acid groups (broad SMARTS) is 1. The van der Waals surface area contributed by atoms with E-state index in [0.29, 0.717) is 11.0 Å². The summed E-state index contributed by atoms with van der Waals surface area (Å²) < 4.78 is 81.8. The van der Waals surface area contributed by atoms with Crippen molar-refractivity contribution in [1.29, 1.82) is 0 Å². The van der Waals surface area contributed by atoms with Crippen LogP contribution in [0.4, 0.5) is 26.3 Å². The van der Waals surface area contributed by atoms with Gasteiger partial charge in [-0.2, -0.15) is 26.3 Å². The number of benzene rings is 1. The molecule has 0 bridgehead atoms. The highest BCUT2D eigenvalue weighted by Gasteiger charge is 2.64. The molecule has 144 valence electrons. The van der Waals surface area contributed by atoms with Crippen molar-refractivity contribution in [3.8, 4) is 5.75 Å². The van der Waals surface area contributed by atoms with Crippen LogP contribution in [0, 0.1) is 5.41 Å². The van der Waals surface area contributed by atoms with Crippen molar-refractivity contribution in [2.45, 2.75) is 18.8 Å². The van der Waals surface area contributed by atoms with Gasteiger partial charge in [-0.3, -0.25) is 9.59 Å². The first-order valence-corrected chi connectivity index (χ1v) is 7.25. The molecule has 1 unspecified atom stereocenters. The molecular weight excluding hydrogens is 372 g/mol. The number of halogens is 6. The second-order valence-electron chi connectivity index (χ2n) is 5.76. The van der Waals surface area contributed by atoms with Crippen molar-refractivity contribution < 1.29 is 45.8 Å². The van der Waals surface area contributed by atoms with Gasteiger partial charge in [0.25, 0.3) is 5.91 Å². The van der Waals surface area contributed by atoms with Gasteiger partial charge in [-0.15, -0.1) is 0 Å². The fourth-order valence-corrected chi connectivity index (χ4v) is 2.55. The maximum atomic E-state index is 13.1. The summed E-state index contributed by atoms with van der Waals surface area (Å²) in [4.78, 5) is 23.7. The molecule has 1 heterocycles. The van der Waals surface area contributed by atoms with Gasteiger partial charge in [-0.25, -0.2) is 0 Å². The number of ether oxygens (including phenoxy) is 1. The number of amides is 1. The Bertz CT molecular complexity index is 702. The molecule has 0 radical (unpaired) electrons. The molecular formula is C15H13F6NO4. The van der Waals surface area contributed by atoms with E-state index in [2.05, 4.69) is 0 Å². The lowest BCUT2D eigenvalue weighted by atomic mass is 9.86. The Morgan fingerprint density at radius 1 is 1.19 bits per heavy atom. The van der Waals surface area contributed by atoms with Crippen LogP contribution >= 0.6 is 0 Å². The highest BCUT2D eigenvalue weighted by molar-refractivity contribution is 5.82. The Morgan fingerprint density at radius 3 is 2.35 bits per heavy atom. The number of rotatable bonds is 4. The van der Waals surface area contributed by atoms with Crippen LogP contribution in [0.15, 0.2) is 24.3 Å². The maximum absolute atomic E-state index is 13.1. The average molecular weight is 385 g/mol. The summed E-state index contributed by atoms with van der Waals surface area (Å²) in [7, 11) is 0.